The minimum atomic E-state index is -0.374. The van der Waals surface area contributed by atoms with Gasteiger partial charge in [0.1, 0.15) is 11.4 Å². The van der Waals surface area contributed by atoms with Gasteiger partial charge in [0.15, 0.2) is 0 Å². The van der Waals surface area contributed by atoms with Gasteiger partial charge in [-0.15, -0.1) is 0 Å². The Kier molecular flexibility index (Phi) is 5.78. The van der Waals surface area contributed by atoms with E-state index in [1.54, 1.807) is 37.1 Å². The summed E-state index contributed by atoms with van der Waals surface area (Å²) >= 11 is 0. The monoisotopic (exact) mass is 276 g/mol. The van der Waals surface area contributed by atoms with Crippen molar-refractivity contribution in [3.05, 3.63) is 28.3 Å². The molecule has 0 spiro atoms. The molecule has 0 heterocycles. The number of nitrogens with one attached hydrogen (secondary N) is 1. The molecule has 0 saturated heterocycles. The lowest BCUT2D eigenvalue weighted by molar-refractivity contribution is -0.383. The summed E-state index contributed by atoms with van der Waals surface area (Å²) in [6.07, 6.45) is 0.892. The van der Waals surface area contributed by atoms with Crippen LogP contribution in [-0.2, 0) is 0 Å². The minimum absolute atomic E-state index is 0.0635. The first kappa shape index (κ1) is 15.8. The molecule has 0 amide bonds. The normalized spacial score (nSPS) is 11.5. The average molecular weight is 276 g/mol. The minimum Gasteiger partial charge on any atom is -0.379 e. The van der Waals surface area contributed by atoms with E-state index in [4.69, 9.17) is 5.26 Å². The molecule has 0 saturated carbocycles. The first-order chi connectivity index (χ1) is 9.51. The molecule has 108 valence electrons. The Hall–Kier alpha value is -2.29. The van der Waals surface area contributed by atoms with E-state index < -0.39 is 0 Å². The number of hydrogen-bond donors (Lipinski definition) is 1. The van der Waals surface area contributed by atoms with E-state index in [9.17, 15) is 10.1 Å². The summed E-state index contributed by atoms with van der Waals surface area (Å²) < 4.78 is 0. The van der Waals surface area contributed by atoms with Gasteiger partial charge in [-0.2, -0.15) is 5.26 Å². The molecule has 1 rings (SSSR count). The van der Waals surface area contributed by atoms with Crippen molar-refractivity contribution in [2.75, 3.05) is 30.4 Å². The molecule has 0 radical (unpaired) electrons. The highest BCUT2D eigenvalue weighted by Crippen LogP contribution is 2.35. The van der Waals surface area contributed by atoms with Crippen LogP contribution in [0.15, 0.2) is 18.2 Å². The molecular formula is C14H20N4O2. The van der Waals surface area contributed by atoms with Crippen LogP contribution in [0.4, 0.5) is 17.1 Å². The third-order valence-corrected chi connectivity index (χ3v) is 2.94. The van der Waals surface area contributed by atoms with Crippen LogP contribution in [0.2, 0.25) is 0 Å². The zero-order valence-electron chi connectivity index (χ0n) is 12.1. The molecule has 6 heteroatoms. The Morgan fingerprint density at radius 1 is 1.55 bits per heavy atom. The average Bonchev–Trinajstić information content (AvgIpc) is 2.44. The smallest absolute Gasteiger partial charge is 0.315 e. The van der Waals surface area contributed by atoms with Gasteiger partial charge in [0.2, 0.25) is 0 Å². The molecular weight excluding hydrogens is 256 g/mol. The van der Waals surface area contributed by atoms with E-state index in [1.807, 2.05) is 6.92 Å². The highest BCUT2D eigenvalue weighted by Gasteiger charge is 2.22. The summed E-state index contributed by atoms with van der Waals surface area (Å²) in [6, 6.07) is 7.34. The number of benzene rings is 1. The Morgan fingerprint density at radius 2 is 2.25 bits per heavy atom. The number of nitro groups is 1. The first-order valence-electron chi connectivity index (χ1n) is 6.63. The van der Waals surface area contributed by atoms with Gasteiger partial charge in [-0.3, -0.25) is 10.1 Å². The number of nitro benzene ring substituents is 1. The first-order valence-corrected chi connectivity index (χ1v) is 6.63. The number of nitrogens with zero attached hydrogens (tertiary/aromatic N) is 3. The van der Waals surface area contributed by atoms with Crippen LogP contribution in [0.25, 0.3) is 0 Å². The lowest BCUT2D eigenvalue weighted by Gasteiger charge is -2.21. The standard InChI is InChI=1S/C14H20N4O2/c1-4-8-16-12-6-5-7-13(14(12)18(19)20)17(3)10-11(2)9-15/h5-7,11,16H,4,8,10H2,1-3H3. The summed E-state index contributed by atoms with van der Waals surface area (Å²) in [5, 5.41) is 23.3. The van der Waals surface area contributed by atoms with Crippen molar-refractivity contribution in [2.45, 2.75) is 20.3 Å². The number of rotatable bonds is 7. The van der Waals surface area contributed by atoms with Crippen molar-refractivity contribution in [3.63, 3.8) is 0 Å². The van der Waals surface area contributed by atoms with Crippen LogP contribution in [0, 0.1) is 27.4 Å². The molecule has 0 bridgehead atoms. The summed E-state index contributed by atoms with van der Waals surface area (Å²) in [4.78, 5) is 12.7. The van der Waals surface area contributed by atoms with Crippen molar-refractivity contribution in [3.8, 4) is 6.07 Å². The fraction of sp³-hybridized carbons (Fsp3) is 0.500. The molecule has 1 atom stereocenters. The second-order valence-electron chi connectivity index (χ2n) is 4.77. The van der Waals surface area contributed by atoms with Gasteiger partial charge in [-0.1, -0.05) is 13.0 Å². The highest BCUT2D eigenvalue weighted by atomic mass is 16.6. The fourth-order valence-corrected chi connectivity index (χ4v) is 1.98. The Bertz CT molecular complexity index is 510. The van der Waals surface area contributed by atoms with Crippen LogP contribution in [0.1, 0.15) is 20.3 Å². The molecule has 1 aromatic carbocycles. The van der Waals surface area contributed by atoms with Gasteiger partial charge in [0, 0.05) is 20.1 Å². The van der Waals surface area contributed by atoms with Crippen molar-refractivity contribution in [2.24, 2.45) is 5.92 Å². The second kappa shape index (κ2) is 7.34. The number of para-hydroxylation sites is 1. The summed E-state index contributed by atoms with van der Waals surface area (Å²) in [6.45, 7) is 4.93. The molecule has 6 nitrogen and oxygen atoms in total. The molecule has 0 aromatic heterocycles. The maximum Gasteiger partial charge on any atom is 0.315 e. The van der Waals surface area contributed by atoms with Crippen molar-refractivity contribution >= 4 is 17.1 Å². The number of anilines is 2. The Balaban J connectivity index is 3.12. The Labute approximate surface area is 119 Å². The van der Waals surface area contributed by atoms with E-state index >= 15 is 0 Å². The van der Waals surface area contributed by atoms with Crippen LogP contribution < -0.4 is 10.2 Å². The zero-order valence-corrected chi connectivity index (χ0v) is 12.1. The van der Waals surface area contributed by atoms with Crippen molar-refractivity contribution in [1.29, 1.82) is 5.26 Å². The molecule has 1 aromatic rings. The third-order valence-electron chi connectivity index (χ3n) is 2.94. The third kappa shape index (κ3) is 3.85. The topological polar surface area (TPSA) is 82.2 Å². The lowest BCUT2D eigenvalue weighted by Crippen LogP contribution is -2.24. The van der Waals surface area contributed by atoms with Crippen molar-refractivity contribution in [1.82, 2.24) is 0 Å². The van der Waals surface area contributed by atoms with Crippen LogP contribution >= 0.6 is 0 Å². The maximum atomic E-state index is 11.3. The van der Waals surface area contributed by atoms with Gasteiger partial charge in [0.05, 0.1) is 16.9 Å². The fourth-order valence-electron chi connectivity index (χ4n) is 1.98. The molecule has 20 heavy (non-hydrogen) atoms. The number of hydrogen-bond acceptors (Lipinski definition) is 5. The van der Waals surface area contributed by atoms with Crippen molar-refractivity contribution < 1.29 is 4.92 Å². The van der Waals surface area contributed by atoms with E-state index in [0.29, 0.717) is 24.5 Å². The summed E-state index contributed by atoms with van der Waals surface area (Å²) in [5.41, 5.74) is 1.11. The largest absolute Gasteiger partial charge is 0.379 e. The maximum absolute atomic E-state index is 11.3. The molecule has 1 unspecified atom stereocenters. The second-order valence-corrected chi connectivity index (χ2v) is 4.77. The van der Waals surface area contributed by atoms with Gasteiger partial charge < -0.3 is 10.2 Å². The predicted molar refractivity (Wildman–Crippen MR) is 79.9 cm³/mol. The van der Waals surface area contributed by atoms with E-state index in [1.165, 1.54) is 0 Å². The molecule has 1 N–H and O–H groups in total. The van der Waals surface area contributed by atoms with Gasteiger partial charge >= 0.3 is 5.69 Å². The van der Waals surface area contributed by atoms with Crippen LogP contribution in [-0.4, -0.2) is 25.1 Å². The molecule has 0 fully saturated rings. The highest BCUT2D eigenvalue weighted by molar-refractivity contribution is 5.76. The van der Waals surface area contributed by atoms with Gasteiger partial charge in [-0.05, 0) is 25.5 Å². The zero-order chi connectivity index (χ0) is 15.1. The molecule has 0 aliphatic carbocycles. The SMILES string of the molecule is CCCNc1cccc(N(C)CC(C)C#N)c1[N+](=O)[O-]. The van der Waals surface area contributed by atoms with E-state index in [0.717, 1.165) is 6.42 Å². The molecule has 0 aliphatic heterocycles. The predicted octanol–water partition coefficient (Wildman–Crippen LogP) is 3.01. The van der Waals surface area contributed by atoms with Crippen LogP contribution in [0.3, 0.4) is 0 Å². The van der Waals surface area contributed by atoms with E-state index in [-0.39, 0.29) is 16.5 Å². The van der Waals surface area contributed by atoms with Gasteiger partial charge in [0.25, 0.3) is 0 Å². The van der Waals surface area contributed by atoms with Crippen LogP contribution in [0.5, 0.6) is 0 Å². The number of nitriles is 1. The Morgan fingerprint density at radius 3 is 2.80 bits per heavy atom. The molecule has 0 aliphatic rings. The summed E-state index contributed by atoms with van der Waals surface area (Å²) in [7, 11) is 1.76. The summed E-state index contributed by atoms with van der Waals surface area (Å²) in [5.74, 6) is -0.188. The van der Waals surface area contributed by atoms with E-state index in [2.05, 4.69) is 11.4 Å². The lowest BCUT2D eigenvalue weighted by atomic mass is 10.1. The van der Waals surface area contributed by atoms with Gasteiger partial charge in [-0.25, -0.2) is 0 Å². The quantitative estimate of drug-likeness (QED) is 0.611.